The van der Waals surface area contributed by atoms with Gasteiger partial charge in [-0.15, -0.1) is 11.3 Å². The number of nitrogens with zero attached hydrogens (tertiary/aromatic N) is 3. The summed E-state index contributed by atoms with van der Waals surface area (Å²) in [6.07, 6.45) is -4.02. The number of carbonyl (C=O) groups is 1. The molecule has 0 bridgehead atoms. The van der Waals surface area contributed by atoms with Gasteiger partial charge in [0.05, 0.1) is 28.5 Å². The van der Waals surface area contributed by atoms with E-state index < -0.39 is 23.4 Å². The van der Waals surface area contributed by atoms with Crippen LogP contribution in [0.2, 0.25) is 10.0 Å². The van der Waals surface area contributed by atoms with Crippen molar-refractivity contribution in [2.24, 2.45) is 0 Å². The van der Waals surface area contributed by atoms with Crippen molar-refractivity contribution >= 4 is 40.5 Å². The summed E-state index contributed by atoms with van der Waals surface area (Å²) in [6, 6.07) is 4.67. The number of ether oxygens (including phenoxy) is 2. The largest absolute Gasteiger partial charge is 0.487 e. The van der Waals surface area contributed by atoms with E-state index in [4.69, 9.17) is 27.9 Å². The van der Waals surface area contributed by atoms with Crippen LogP contribution in [0.4, 0.5) is 13.2 Å². The Balaban J connectivity index is 1.84. The van der Waals surface area contributed by atoms with Gasteiger partial charge in [-0.3, -0.25) is 0 Å². The molecule has 0 fully saturated rings. The quantitative estimate of drug-likeness (QED) is 0.455. The monoisotopic (exact) mass is 465 g/mol. The van der Waals surface area contributed by atoms with Crippen LogP contribution in [0.1, 0.15) is 28.7 Å². The van der Waals surface area contributed by atoms with Crippen molar-refractivity contribution in [3.8, 4) is 10.9 Å². The number of benzene rings is 1. The zero-order chi connectivity index (χ0) is 21.2. The molecule has 0 aliphatic heterocycles. The lowest BCUT2D eigenvalue weighted by atomic mass is 10.2. The van der Waals surface area contributed by atoms with Gasteiger partial charge in [0.15, 0.2) is 5.69 Å². The van der Waals surface area contributed by atoms with Crippen molar-refractivity contribution in [1.82, 2.24) is 14.8 Å². The van der Waals surface area contributed by atoms with E-state index in [1.807, 2.05) is 0 Å². The van der Waals surface area contributed by atoms with Crippen molar-refractivity contribution in [2.75, 3.05) is 6.61 Å². The minimum absolute atomic E-state index is 0.0121. The SMILES string of the molecule is CCOC(=O)c1cnn(-c2nc(COc3ccc(Cl)c(Cl)c3)cs2)c1C(F)(F)F. The second-order valence-electron chi connectivity index (χ2n) is 5.52. The average molecular weight is 466 g/mol. The molecule has 0 aliphatic carbocycles. The standard InChI is InChI=1S/C17H12Cl2F3N3O3S/c1-2-27-15(26)11-6-23-25(14(11)17(20,21)22)16-24-9(8-29-16)7-28-10-3-4-12(18)13(19)5-10/h3-6,8H,2,7H2,1H3. The zero-order valence-electron chi connectivity index (χ0n) is 14.7. The van der Waals surface area contributed by atoms with Gasteiger partial charge >= 0.3 is 12.1 Å². The Kier molecular flexibility index (Phi) is 6.35. The predicted molar refractivity (Wildman–Crippen MR) is 101 cm³/mol. The molecular formula is C17H12Cl2F3N3O3S. The van der Waals surface area contributed by atoms with Gasteiger partial charge in [-0.1, -0.05) is 23.2 Å². The molecule has 1 aromatic carbocycles. The zero-order valence-corrected chi connectivity index (χ0v) is 17.0. The van der Waals surface area contributed by atoms with E-state index in [0.29, 0.717) is 26.2 Å². The molecule has 12 heteroatoms. The third-order valence-electron chi connectivity index (χ3n) is 3.53. The van der Waals surface area contributed by atoms with Gasteiger partial charge in [0.1, 0.15) is 17.9 Å². The number of alkyl halides is 3. The Morgan fingerprint density at radius 2 is 2.03 bits per heavy atom. The summed E-state index contributed by atoms with van der Waals surface area (Å²) in [7, 11) is 0. The highest BCUT2D eigenvalue weighted by Gasteiger charge is 2.41. The molecule has 29 heavy (non-hydrogen) atoms. The van der Waals surface area contributed by atoms with E-state index in [0.717, 1.165) is 17.5 Å². The average Bonchev–Trinajstić information content (AvgIpc) is 3.29. The second-order valence-corrected chi connectivity index (χ2v) is 7.17. The first kappa shape index (κ1) is 21.4. The van der Waals surface area contributed by atoms with E-state index in [2.05, 4.69) is 14.8 Å². The molecule has 3 rings (SSSR count). The Bertz CT molecular complexity index is 1040. The van der Waals surface area contributed by atoms with E-state index in [-0.39, 0.29) is 18.3 Å². The molecule has 154 valence electrons. The summed E-state index contributed by atoms with van der Waals surface area (Å²) in [5.41, 5.74) is -1.55. The summed E-state index contributed by atoms with van der Waals surface area (Å²) < 4.78 is 51.4. The van der Waals surface area contributed by atoms with Gasteiger partial charge in [0, 0.05) is 11.4 Å². The summed E-state index contributed by atoms with van der Waals surface area (Å²) in [5.74, 6) is -0.681. The van der Waals surface area contributed by atoms with Crippen molar-refractivity contribution in [2.45, 2.75) is 19.7 Å². The summed E-state index contributed by atoms with van der Waals surface area (Å²) in [5, 5.41) is 5.81. The first-order chi connectivity index (χ1) is 13.7. The molecular weight excluding hydrogens is 454 g/mol. The Hall–Kier alpha value is -2.30. The van der Waals surface area contributed by atoms with Crippen molar-refractivity contribution in [3.05, 3.63) is 56.8 Å². The molecule has 0 amide bonds. The normalized spacial score (nSPS) is 11.5. The first-order valence-electron chi connectivity index (χ1n) is 8.05. The van der Waals surface area contributed by atoms with Crippen LogP contribution in [0.5, 0.6) is 5.75 Å². The van der Waals surface area contributed by atoms with Crippen molar-refractivity contribution in [3.63, 3.8) is 0 Å². The highest BCUT2D eigenvalue weighted by atomic mass is 35.5. The summed E-state index contributed by atoms with van der Waals surface area (Å²) >= 11 is 12.7. The van der Waals surface area contributed by atoms with Crippen molar-refractivity contribution in [1.29, 1.82) is 0 Å². The number of thiazole rings is 1. The fraction of sp³-hybridized carbons (Fsp3) is 0.235. The third-order valence-corrected chi connectivity index (χ3v) is 5.14. The smallest absolute Gasteiger partial charge is 0.434 e. The molecule has 0 spiro atoms. The highest BCUT2D eigenvalue weighted by Crippen LogP contribution is 2.34. The maximum Gasteiger partial charge on any atom is 0.434 e. The van der Waals surface area contributed by atoms with Gasteiger partial charge in [-0.2, -0.15) is 18.3 Å². The molecule has 0 aliphatic rings. The predicted octanol–water partition coefficient (Wildman–Crippen LogP) is 5.41. The lowest BCUT2D eigenvalue weighted by molar-refractivity contribution is -0.143. The molecule has 2 aromatic heterocycles. The van der Waals surface area contributed by atoms with Gasteiger partial charge in [0.25, 0.3) is 0 Å². The van der Waals surface area contributed by atoms with Crippen LogP contribution in [0.3, 0.4) is 0 Å². The van der Waals surface area contributed by atoms with Crippen LogP contribution < -0.4 is 4.74 Å². The first-order valence-corrected chi connectivity index (χ1v) is 9.69. The van der Waals surface area contributed by atoms with Crippen LogP contribution in [-0.2, 0) is 17.5 Å². The number of rotatable bonds is 6. The summed E-state index contributed by atoms with van der Waals surface area (Å²) in [6.45, 7) is 1.42. The molecule has 0 saturated heterocycles. The number of aromatic nitrogens is 3. The van der Waals surface area contributed by atoms with Gasteiger partial charge < -0.3 is 9.47 Å². The molecule has 0 unspecified atom stereocenters. The maximum atomic E-state index is 13.5. The van der Waals surface area contributed by atoms with Crippen LogP contribution in [0.25, 0.3) is 5.13 Å². The number of carbonyl (C=O) groups excluding carboxylic acids is 1. The molecule has 3 aromatic rings. The van der Waals surface area contributed by atoms with E-state index >= 15 is 0 Å². The Morgan fingerprint density at radius 1 is 1.28 bits per heavy atom. The van der Waals surface area contributed by atoms with E-state index in [1.54, 1.807) is 12.1 Å². The van der Waals surface area contributed by atoms with E-state index in [9.17, 15) is 18.0 Å². The minimum atomic E-state index is -4.83. The fourth-order valence-corrected chi connectivity index (χ4v) is 3.37. The van der Waals surface area contributed by atoms with Crippen molar-refractivity contribution < 1.29 is 27.4 Å². The third kappa shape index (κ3) is 4.82. The fourth-order valence-electron chi connectivity index (χ4n) is 2.31. The maximum absolute atomic E-state index is 13.5. The molecule has 2 heterocycles. The minimum Gasteiger partial charge on any atom is -0.487 e. The van der Waals surface area contributed by atoms with Crippen LogP contribution >= 0.6 is 34.5 Å². The topological polar surface area (TPSA) is 66.2 Å². The number of hydrogen-bond donors (Lipinski definition) is 0. The van der Waals surface area contributed by atoms with Gasteiger partial charge in [-0.25, -0.2) is 14.5 Å². The highest BCUT2D eigenvalue weighted by molar-refractivity contribution is 7.12. The Morgan fingerprint density at radius 3 is 2.69 bits per heavy atom. The van der Waals surface area contributed by atoms with Gasteiger partial charge in [0.2, 0.25) is 5.13 Å². The lowest BCUT2D eigenvalue weighted by Crippen LogP contribution is -2.18. The summed E-state index contributed by atoms with van der Waals surface area (Å²) in [4.78, 5) is 16.0. The van der Waals surface area contributed by atoms with Crippen LogP contribution in [0, 0.1) is 0 Å². The number of esters is 1. The molecule has 0 saturated carbocycles. The Labute approximate surface area is 176 Å². The molecule has 6 nitrogen and oxygen atoms in total. The van der Waals surface area contributed by atoms with Gasteiger partial charge in [-0.05, 0) is 19.1 Å². The van der Waals surface area contributed by atoms with E-state index in [1.165, 1.54) is 18.4 Å². The molecule has 0 radical (unpaired) electrons. The number of halogens is 5. The second kappa shape index (κ2) is 8.60. The number of hydrogen-bond acceptors (Lipinski definition) is 6. The van der Waals surface area contributed by atoms with Crippen LogP contribution in [-0.4, -0.2) is 27.3 Å². The molecule has 0 N–H and O–H groups in total. The lowest BCUT2D eigenvalue weighted by Gasteiger charge is -2.10. The van der Waals surface area contributed by atoms with Crippen LogP contribution in [0.15, 0.2) is 29.8 Å². The molecule has 0 atom stereocenters.